The van der Waals surface area contributed by atoms with Crippen molar-refractivity contribution < 1.29 is 46.9 Å². The van der Waals surface area contributed by atoms with Crippen LogP contribution in [-0.2, 0) is 12.8 Å². The summed E-state index contributed by atoms with van der Waals surface area (Å²) < 4.78 is 48.5. The number of carbonyl (C=O) groups excluding carboxylic acids is 4. The van der Waals surface area contributed by atoms with E-state index in [0.29, 0.717) is 46.7 Å². The molecule has 0 spiro atoms. The highest BCUT2D eigenvalue weighted by Gasteiger charge is 2.15. The van der Waals surface area contributed by atoms with E-state index in [1.54, 1.807) is 127 Å². The first kappa shape index (κ1) is 49.4. The predicted octanol–water partition coefficient (Wildman–Crippen LogP) is 12.6. The van der Waals surface area contributed by atoms with Crippen LogP contribution in [0, 0.1) is 47.4 Å². The standard InChI is InChI=1S/C29H16F2N2O4.C29H18N2O4/c1-33-27-13-12-24(16-26(27)31)37-29(35)21-8-4-19(5-9-21)14-18-2-6-20(7-3-18)28(34)36-23-11-10-22(17-32)25(30)15-23;1-31-25-12-16-27(17-13-25)35-29(33)24-10-4-21(5-11-24)18-20-2-8-23(9-3-20)28(32)34-26-14-6-22(19-30)7-15-26/h2-13,15-16H,14H2;2-17H,18H2. The zero-order chi connectivity index (χ0) is 51.0. The molecule has 0 N–H and O–H groups in total. The molecule has 348 valence electrons. The number of esters is 4. The van der Waals surface area contributed by atoms with Gasteiger partial charge in [-0.15, -0.1) is 0 Å². The Morgan fingerprint density at radius 2 is 0.764 bits per heavy atom. The van der Waals surface area contributed by atoms with Gasteiger partial charge in [-0.2, -0.15) is 10.5 Å². The summed E-state index contributed by atoms with van der Waals surface area (Å²) in [6, 6.07) is 51.1. The Morgan fingerprint density at radius 1 is 0.417 bits per heavy atom. The van der Waals surface area contributed by atoms with Crippen molar-refractivity contribution in [3.63, 3.8) is 0 Å². The molecule has 0 aliphatic rings. The molecule has 0 saturated carbocycles. The largest absolute Gasteiger partial charge is 0.423 e. The average molecular weight is 953 g/mol. The first-order valence-corrected chi connectivity index (χ1v) is 21.5. The minimum atomic E-state index is -0.772. The first-order valence-electron chi connectivity index (χ1n) is 21.5. The molecule has 0 aliphatic carbocycles. The minimum absolute atomic E-state index is 0.00177. The molecule has 0 heterocycles. The average Bonchev–Trinajstić information content (AvgIpc) is 3.40. The third-order valence-electron chi connectivity index (χ3n) is 10.5. The van der Waals surface area contributed by atoms with Crippen molar-refractivity contribution in [1.82, 2.24) is 0 Å². The number of benzene rings is 8. The van der Waals surface area contributed by atoms with E-state index in [4.69, 9.17) is 42.6 Å². The van der Waals surface area contributed by atoms with Crippen molar-refractivity contribution in [2.45, 2.75) is 12.8 Å². The first-order chi connectivity index (χ1) is 34.9. The van der Waals surface area contributed by atoms with Gasteiger partial charge in [0, 0.05) is 12.1 Å². The molecule has 8 aromatic rings. The molecule has 12 nitrogen and oxygen atoms in total. The van der Waals surface area contributed by atoms with Crippen LogP contribution in [0.5, 0.6) is 23.0 Å². The number of rotatable bonds is 12. The molecule has 0 amide bonds. The monoisotopic (exact) mass is 952 g/mol. The van der Waals surface area contributed by atoms with Gasteiger partial charge in [-0.1, -0.05) is 60.7 Å². The van der Waals surface area contributed by atoms with E-state index in [0.717, 1.165) is 34.4 Å². The summed E-state index contributed by atoms with van der Waals surface area (Å²) in [5.41, 5.74) is 5.84. The Kier molecular flexibility index (Phi) is 16.1. The lowest BCUT2D eigenvalue weighted by molar-refractivity contribution is 0.0724. The van der Waals surface area contributed by atoms with Crippen LogP contribution >= 0.6 is 0 Å². The Bertz CT molecular complexity index is 3230. The van der Waals surface area contributed by atoms with Crippen molar-refractivity contribution in [2.75, 3.05) is 0 Å². The number of hydrogen-bond acceptors (Lipinski definition) is 10. The smallest absolute Gasteiger partial charge is 0.343 e. The molecule has 0 aliphatic heterocycles. The van der Waals surface area contributed by atoms with Crippen molar-refractivity contribution in [3.8, 4) is 35.1 Å². The topological polar surface area (TPSA) is 161 Å². The van der Waals surface area contributed by atoms with Gasteiger partial charge in [0.05, 0.1) is 52.6 Å². The van der Waals surface area contributed by atoms with Crippen LogP contribution in [0.2, 0.25) is 0 Å². The second-order valence-corrected chi connectivity index (χ2v) is 15.4. The SMILES string of the molecule is [C-]#[N+]c1ccc(OC(=O)c2ccc(Cc3ccc(C(=O)Oc4ccc(C#N)c(F)c4)cc3)cc2)cc1F.[C-]#[N+]c1ccc(OC(=O)c2ccc(Cc3ccc(C(=O)Oc4ccc(C#N)cc4)cc3)cc2)cc1. The van der Waals surface area contributed by atoms with Crippen LogP contribution in [-0.4, -0.2) is 23.9 Å². The van der Waals surface area contributed by atoms with E-state index < -0.39 is 35.5 Å². The maximum absolute atomic E-state index is 13.7. The van der Waals surface area contributed by atoms with Crippen molar-refractivity contribution in [1.29, 1.82) is 10.5 Å². The number of hydrogen-bond donors (Lipinski definition) is 0. The maximum Gasteiger partial charge on any atom is 0.343 e. The molecule has 0 fully saturated rings. The van der Waals surface area contributed by atoms with Crippen LogP contribution in [0.15, 0.2) is 182 Å². The van der Waals surface area contributed by atoms with Crippen molar-refractivity contribution >= 4 is 35.3 Å². The van der Waals surface area contributed by atoms with Gasteiger partial charge in [0.25, 0.3) is 0 Å². The van der Waals surface area contributed by atoms with Crippen molar-refractivity contribution in [3.05, 3.63) is 272 Å². The number of nitrogens with zero attached hydrogens (tertiary/aromatic N) is 4. The van der Waals surface area contributed by atoms with Crippen LogP contribution in [0.3, 0.4) is 0 Å². The summed E-state index contributed by atoms with van der Waals surface area (Å²) in [7, 11) is 0. The number of nitriles is 2. The lowest BCUT2D eigenvalue weighted by atomic mass is 10.0. The van der Waals surface area contributed by atoms with E-state index in [9.17, 15) is 28.0 Å². The highest BCUT2D eigenvalue weighted by Crippen LogP contribution is 2.25. The minimum Gasteiger partial charge on any atom is -0.423 e. The molecule has 8 aromatic carbocycles. The lowest BCUT2D eigenvalue weighted by Crippen LogP contribution is -2.09. The van der Waals surface area contributed by atoms with Crippen LogP contribution < -0.4 is 18.9 Å². The molecule has 0 radical (unpaired) electrons. The molecule has 0 saturated heterocycles. The van der Waals surface area contributed by atoms with Crippen LogP contribution in [0.1, 0.15) is 74.8 Å². The fraction of sp³-hybridized carbons (Fsp3) is 0.0345. The Hall–Kier alpha value is -10.5. The third kappa shape index (κ3) is 13.3. The zero-order valence-electron chi connectivity index (χ0n) is 37.5. The van der Waals surface area contributed by atoms with Crippen LogP contribution in [0.4, 0.5) is 20.2 Å². The van der Waals surface area contributed by atoms with E-state index in [1.165, 1.54) is 24.3 Å². The molecule has 0 bridgehead atoms. The Balaban J connectivity index is 0.000000212. The summed E-state index contributed by atoms with van der Waals surface area (Å²) in [5, 5.41) is 17.6. The van der Waals surface area contributed by atoms with Gasteiger partial charge in [-0.05, 0) is 144 Å². The van der Waals surface area contributed by atoms with E-state index >= 15 is 0 Å². The quantitative estimate of drug-likeness (QED) is 0.0654. The number of carbonyl (C=O) groups is 4. The summed E-state index contributed by atoms with van der Waals surface area (Å²) in [4.78, 5) is 55.7. The molecular weight excluding hydrogens is 919 g/mol. The highest BCUT2D eigenvalue weighted by molar-refractivity contribution is 5.93. The van der Waals surface area contributed by atoms with Crippen LogP contribution in [0.25, 0.3) is 9.69 Å². The third-order valence-corrected chi connectivity index (χ3v) is 10.5. The van der Waals surface area contributed by atoms with Gasteiger partial charge in [0.2, 0.25) is 5.69 Å². The summed E-state index contributed by atoms with van der Waals surface area (Å²) in [6.07, 6.45) is 1.15. The lowest BCUT2D eigenvalue weighted by Gasteiger charge is -2.08. The number of ether oxygens (including phenoxy) is 4. The maximum atomic E-state index is 13.7. The molecule has 0 unspecified atom stereocenters. The van der Waals surface area contributed by atoms with Gasteiger partial charge in [0.15, 0.2) is 5.69 Å². The molecule has 0 atom stereocenters. The number of halogens is 2. The van der Waals surface area contributed by atoms with Gasteiger partial charge in [-0.25, -0.2) is 37.6 Å². The molecule has 8 rings (SSSR count). The van der Waals surface area contributed by atoms with E-state index in [1.807, 2.05) is 30.3 Å². The summed E-state index contributed by atoms with van der Waals surface area (Å²) in [6.45, 7) is 13.8. The van der Waals surface area contributed by atoms with E-state index in [2.05, 4.69) is 9.69 Å². The Morgan fingerprint density at radius 3 is 1.10 bits per heavy atom. The fourth-order valence-corrected chi connectivity index (χ4v) is 6.65. The van der Waals surface area contributed by atoms with Gasteiger partial charge in [-0.3, -0.25) is 0 Å². The predicted molar refractivity (Wildman–Crippen MR) is 259 cm³/mol. The molecule has 0 aromatic heterocycles. The normalized spacial score (nSPS) is 10.1. The molecular formula is C58H34F2N4O8. The Labute approximate surface area is 411 Å². The van der Waals surface area contributed by atoms with Gasteiger partial charge < -0.3 is 18.9 Å². The second kappa shape index (κ2) is 23.5. The zero-order valence-corrected chi connectivity index (χ0v) is 37.5. The summed E-state index contributed by atoms with van der Waals surface area (Å²) in [5.74, 6) is -3.07. The summed E-state index contributed by atoms with van der Waals surface area (Å²) >= 11 is 0. The van der Waals surface area contributed by atoms with Crippen molar-refractivity contribution in [2.24, 2.45) is 0 Å². The fourth-order valence-electron chi connectivity index (χ4n) is 6.65. The van der Waals surface area contributed by atoms with Gasteiger partial charge >= 0.3 is 23.9 Å². The molecule has 72 heavy (non-hydrogen) atoms. The van der Waals surface area contributed by atoms with Gasteiger partial charge in [0.1, 0.15) is 40.7 Å². The highest BCUT2D eigenvalue weighted by atomic mass is 19.1. The second-order valence-electron chi connectivity index (χ2n) is 15.4. The molecule has 14 heteroatoms. The van der Waals surface area contributed by atoms with E-state index in [-0.39, 0.29) is 33.9 Å².